The molecule has 1 aliphatic heterocycles. The summed E-state index contributed by atoms with van der Waals surface area (Å²) in [6.07, 6.45) is 0. The molecule has 0 saturated carbocycles. The van der Waals surface area contributed by atoms with E-state index in [0.29, 0.717) is 30.4 Å². The number of carbonyl (C=O) groups excluding carboxylic acids is 1. The van der Waals surface area contributed by atoms with Gasteiger partial charge in [-0.1, -0.05) is 6.07 Å². The van der Waals surface area contributed by atoms with Crippen molar-refractivity contribution in [3.05, 3.63) is 76.0 Å². The maximum Gasteiger partial charge on any atom is 0.258 e. The zero-order valence-electron chi connectivity index (χ0n) is 14.2. The zero-order valence-corrected chi connectivity index (χ0v) is 15.0. The molecule has 27 heavy (non-hydrogen) atoms. The van der Waals surface area contributed by atoms with Crippen molar-refractivity contribution in [3.8, 4) is 11.5 Å². The van der Waals surface area contributed by atoms with E-state index in [1.165, 1.54) is 16.2 Å². The molecule has 7 heteroatoms. The van der Waals surface area contributed by atoms with E-state index >= 15 is 0 Å². The Morgan fingerprint density at radius 2 is 1.74 bits per heavy atom. The minimum absolute atomic E-state index is 0.0565. The van der Waals surface area contributed by atoms with Crippen molar-refractivity contribution >= 4 is 22.9 Å². The highest BCUT2D eigenvalue weighted by molar-refractivity contribution is 7.09. The van der Waals surface area contributed by atoms with Gasteiger partial charge in [-0.05, 0) is 35.7 Å². The molecule has 3 aromatic rings. The topological polar surface area (TPSA) is 38.8 Å². The van der Waals surface area contributed by atoms with Gasteiger partial charge in [0.25, 0.3) is 5.91 Å². The molecule has 1 amide bonds. The lowest BCUT2D eigenvalue weighted by molar-refractivity contribution is 0.0984. The lowest BCUT2D eigenvalue weighted by atomic mass is 10.1. The quantitative estimate of drug-likeness (QED) is 0.654. The molecule has 1 aliphatic rings. The van der Waals surface area contributed by atoms with Crippen molar-refractivity contribution in [2.75, 3.05) is 18.1 Å². The Bertz CT molecular complexity index is 955. The zero-order chi connectivity index (χ0) is 18.8. The fourth-order valence-corrected chi connectivity index (χ4v) is 3.56. The molecule has 0 saturated heterocycles. The molecule has 2 aromatic carbocycles. The molecule has 0 bridgehead atoms. The number of rotatable bonds is 4. The molecule has 0 N–H and O–H groups in total. The van der Waals surface area contributed by atoms with Crippen LogP contribution in [0.5, 0.6) is 11.5 Å². The average Bonchev–Trinajstić information content (AvgIpc) is 3.18. The van der Waals surface area contributed by atoms with Crippen molar-refractivity contribution < 1.29 is 23.0 Å². The highest BCUT2D eigenvalue weighted by atomic mass is 32.1. The van der Waals surface area contributed by atoms with Gasteiger partial charge in [0.15, 0.2) is 11.5 Å². The van der Waals surface area contributed by atoms with Crippen LogP contribution in [0.4, 0.5) is 14.5 Å². The van der Waals surface area contributed by atoms with E-state index in [-0.39, 0.29) is 12.1 Å². The molecule has 0 fully saturated rings. The first-order valence-electron chi connectivity index (χ1n) is 8.30. The maximum absolute atomic E-state index is 13.6. The van der Waals surface area contributed by atoms with Crippen molar-refractivity contribution in [2.24, 2.45) is 0 Å². The van der Waals surface area contributed by atoms with Crippen LogP contribution in [0.3, 0.4) is 0 Å². The number of fused-ring (bicyclic) bond motifs is 1. The van der Waals surface area contributed by atoms with Crippen LogP contribution in [-0.2, 0) is 6.54 Å². The summed E-state index contributed by atoms with van der Waals surface area (Å²) in [5.74, 6) is -0.954. The number of hydrogen-bond donors (Lipinski definition) is 0. The van der Waals surface area contributed by atoms with Crippen LogP contribution in [0.15, 0.2) is 53.9 Å². The number of hydrogen-bond acceptors (Lipinski definition) is 4. The van der Waals surface area contributed by atoms with Crippen LogP contribution in [0.25, 0.3) is 0 Å². The highest BCUT2D eigenvalue weighted by Crippen LogP contribution is 2.35. The van der Waals surface area contributed by atoms with Crippen LogP contribution in [0.2, 0.25) is 0 Å². The fourth-order valence-electron chi connectivity index (χ4n) is 2.87. The fraction of sp³-hybridized carbons (Fsp3) is 0.150. The lowest BCUT2D eigenvalue weighted by Crippen LogP contribution is -2.30. The first-order chi connectivity index (χ1) is 13.1. The Morgan fingerprint density at radius 1 is 1.00 bits per heavy atom. The SMILES string of the molecule is O=C(c1cc(F)cc(F)c1)N(Cc1cccs1)c1ccc2c(c1)OCCO2. The first kappa shape index (κ1) is 17.5. The van der Waals surface area contributed by atoms with Gasteiger partial charge < -0.3 is 14.4 Å². The van der Waals surface area contributed by atoms with Gasteiger partial charge in [0.2, 0.25) is 0 Å². The van der Waals surface area contributed by atoms with Gasteiger partial charge in [-0.3, -0.25) is 4.79 Å². The Balaban J connectivity index is 1.73. The minimum Gasteiger partial charge on any atom is -0.486 e. The molecular formula is C20H15F2NO3S. The molecule has 0 unspecified atom stereocenters. The number of carbonyl (C=O) groups is 1. The molecule has 138 valence electrons. The van der Waals surface area contributed by atoms with Gasteiger partial charge in [0.05, 0.1) is 6.54 Å². The summed E-state index contributed by atoms with van der Waals surface area (Å²) in [4.78, 5) is 15.5. The van der Waals surface area contributed by atoms with Crippen LogP contribution in [0, 0.1) is 11.6 Å². The second kappa shape index (κ2) is 7.36. The summed E-state index contributed by atoms with van der Waals surface area (Å²) in [5.41, 5.74) is 0.501. The predicted molar refractivity (Wildman–Crippen MR) is 98.6 cm³/mol. The summed E-state index contributed by atoms with van der Waals surface area (Å²) in [7, 11) is 0. The van der Waals surface area contributed by atoms with E-state index in [9.17, 15) is 13.6 Å². The van der Waals surface area contributed by atoms with Gasteiger partial charge in [-0.25, -0.2) is 8.78 Å². The van der Waals surface area contributed by atoms with Crippen LogP contribution < -0.4 is 14.4 Å². The van der Waals surface area contributed by atoms with Crippen LogP contribution >= 0.6 is 11.3 Å². The number of thiophene rings is 1. The number of nitrogens with zero attached hydrogens (tertiary/aromatic N) is 1. The average molecular weight is 387 g/mol. The van der Waals surface area contributed by atoms with E-state index in [1.54, 1.807) is 18.2 Å². The number of amides is 1. The third-order valence-electron chi connectivity index (χ3n) is 4.09. The third-order valence-corrected chi connectivity index (χ3v) is 4.95. The molecule has 0 spiro atoms. The third kappa shape index (κ3) is 3.78. The number of benzene rings is 2. The molecule has 0 aliphatic carbocycles. The van der Waals surface area contributed by atoms with Gasteiger partial charge >= 0.3 is 0 Å². The number of anilines is 1. The van der Waals surface area contributed by atoms with E-state index in [1.807, 2.05) is 17.5 Å². The van der Waals surface area contributed by atoms with Crippen molar-refractivity contribution in [1.82, 2.24) is 0 Å². The number of halogens is 2. The largest absolute Gasteiger partial charge is 0.486 e. The summed E-state index contributed by atoms with van der Waals surface area (Å²) in [5, 5.41) is 1.91. The molecule has 2 heterocycles. The van der Waals surface area contributed by atoms with Gasteiger partial charge in [0, 0.05) is 28.3 Å². The van der Waals surface area contributed by atoms with Crippen molar-refractivity contribution in [1.29, 1.82) is 0 Å². The van der Waals surface area contributed by atoms with E-state index < -0.39 is 17.5 Å². The molecule has 4 nitrogen and oxygen atoms in total. The standard InChI is InChI=1S/C20H15F2NO3S/c21-14-8-13(9-15(22)10-14)20(24)23(12-17-2-1-7-27-17)16-3-4-18-19(11-16)26-6-5-25-18/h1-4,7-11H,5-6,12H2. The smallest absolute Gasteiger partial charge is 0.258 e. The van der Waals surface area contributed by atoms with Gasteiger partial charge in [-0.2, -0.15) is 0 Å². The summed E-state index contributed by atoms with van der Waals surface area (Å²) >= 11 is 1.50. The van der Waals surface area contributed by atoms with Crippen LogP contribution in [-0.4, -0.2) is 19.1 Å². The second-order valence-corrected chi connectivity index (χ2v) is 6.99. The number of ether oxygens (including phenoxy) is 2. The summed E-state index contributed by atoms with van der Waals surface area (Å²) in [6, 6.07) is 11.7. The lowest BCUT2D eigenvalue weighted by Gasteiger charge is -2.25. The van der Waals surface area contributed by atoms with E-state index in [0.717, 1.165) is 23.1 Å². The maximum atomic E-state index is 13.6. The Hall–Kier alpha value is -2.93. The Morgan fingerprint density at radius 3 is 2.44 bits per heavy atom. The summed E-state index contributed by atoms with van der Waals surface area (Å²) < 4.78 is 38.3. The monoisotopic (exact) mass is 387 g/mol. The molecule has 4 rings (SSSR count). The van der Waals surface area contributed by atoms with Crippen molar-refractivity contribution in [2.45, 2.75) is 6.54 Å². The molecule has 0 radical (unpaired) electrons. The first-order valence-corrected chi connectivity index (χ1v) is 9.18. The normalized spacial score (nSPS) is 12.7. The minimum atomic E-state index is -0.795. The Kier molecular flexibility index (Phi) is 4.77. The summed E-state index contributed by atoms with van der Waals surface area (Å²) in [6.45, 7) is 1.16. The van der Waals surface area contributed by atoms with Gasteiger partial charge in [-0.15, -0.1) is 11.3 Å². The van der Waals surface area contributed by atoms with E-state index in [2.05, 4.69) is 0 Å². The predicted octanol–water partition coefficient (Wildman–Crippen LogP) is 4.64. The van der Waals surface area contributed by atoms with Gasteiger partial charge in [0.1, 0.15) is 24.8 Å². The molecular weight excluding hydrogens is 372 g/mol. The molecule has 0 atom stereocenters. The highest BCUT2D eigenvalue weighted by Gasteiger charge is 2.22. The second-order valence-electron chi connectivity index (χ2n) is 5.96. The van der Waals surface area contributed by atoms with Crippen LogP contribution in [0.1, 0.15) is 15.2 Å². The molecule has 1 aromatic heterocycles. The van der Waals surface area contributed by atoms with Crippen molar-refractivity contribution in [3.63, 3.8) is 0 Å². The Labute approximate surface area is 158 Å². The van der Waals surface area contributed by atoms with E-state index in [4.69, 9.17) is 9.47 Å².